The first-order valence-corrected chi connectivity index (χ1v) is 7.23. The van der Waals surface area contributed by atoms with E-state index in [0.717, 1.165) is 0 Å². The molecule has 0 saturated carbocycles. The van der Waals surface area contributed by atoms with Crippen LogP contribution in [0, 0.1) is 0 Å². The molecule has 2 aromatic heterocycles. The van der Waals surface area contributed by atoms with Crippen molar-refractivity contribution < 1.29 is 0 Å². The van der Waals surface area contributed by atoms with Gasteiger partial charge in [0, 0.05) is 4.47 Å². The molecule has 0 fully saturated rings. The number of aromatic amines is 1. The highest BCUT2D eigenvalue weighted by atomic mass is 79.9. The van der Waals surface area contributed by atoms with Gasteiger partial charge >= 0.3 is 0 Å². The summed E-state index contributed by atoms with van der Waals surface area (Å²) < 4.78 is 0.708. The van der Waals surface area contributed by atoms with E-state index >= 15 is 0 Å². The Morgan fingerprint density at radius 3 is 2.76 bits per heavy atom. The summed E-state index contributed by atoms with van der Waals surface area (Å²) in [5, 5.41) is 11.3. The molecule has 3 rings (SSSR count). The largest absolute Gasteiger partial charge is 0.338 e. The molecule has 5 N–H and O–H groups in total. The number of hydrogen-bond acceptors (Lipinski definition) is 6. The molecule has 0 saturated heterocycles. The van der Waals surface area contributed by atoms with E-state index in [4.69, 9.17) is 29.0 Å². The minimum atomic E-state index is 0.244. The number of nitrogens with two attached hydrogens (primary N) is 1. The minimum Gasteiger partial charge on any atom is -0.338 e. The molecular weight excluding hydrogens is 381 g/mol. The van der Waals surface area contributed by atoms with E-state index in [2.05, 4.69) is 46.8 Å². The zero-order chi connectivity index (χ0) is 15.0. The van der Waals surface area contributed by atoms with Crippen molar-refractivity contribution >= 4 is 67.6 Å². The van der Waals surface area contributed by atoms with Crippen molar-refractivity contribution in [1.82, 2.24) is 20.2 Å². The summed E-state index contributed by atoms with van der Waals surface area (Å²) in [6.45, 7) is 0. The van der Waals surface area contributed by atoms with Gasteiger partial charge in [-0.1, -0.05) is 23.2 Å². The van der Waals surface area contributed by atoms with Gasteiger partial charge in [0.15, 0.2) is 5.65 Å². The molecule has 0 radical (unpaired) electrons. The predicted molar refractivity (Wildman–Crippen MR) is 86.9 cm³/mol. The number of nitrogens with zero attached hydrogens (tertiary/aromatic N) is 3. The summed E-state index contributed by atoms with van der Waals surface area (Å²) in [6, 6.07) is 3.56. The van der Waals surface area contributed by atoms with Crippen molar-refractivity contribution in [3.05, 3.63) is 32.8 Å². The van der Waals surface area contributed by atoms with E-state index in [1.807, 2.05) is 0 Å². The van der Waals surface area contributed by atoms with Crippen LogP contribution in [0.2, 0.25) is 10.0 Å². The second kappa shape index (κ2) is 5.64. The maximum atomic E-state index is 6.22. The summed E-state index contributed by atoms with van der Waals surface area (Å²) >= 11 is 15.6. The van der Waals surface area contributed by atoms with E-state index in [-0.39, 0.29) is 5.95 Å². The Morgan fingerprint density at radius 1 is 1.19 bits per heavy atom. The number of rotatable bonds is 3. The molecule has 108 valence electrons. The first-order valence-electron chi connectivity index (χ1n) is 5.68. The lowest BCUT2D eigenvalue weighted by Crippen LogP contribution is -2.11. The normalized spacial score (nSPS) is 10.9. The lowest BCUT2D eigenvalue weighted by Gasteiger charge is -2.11. The van der Waals surface area contributed by atoms with Gasteiger partial charge in [-0.15, -0.1) is 0 Å². The van der Waals surface area contributed by atoms with Crippen molar-refractivity contribution in [1.29, 1.82) is 0 Å². The number of halogens is 3. The summed E-state index contributed by atoms with van der Waals surface area (Å²) in [7, 11) is 0. The Labute approximate surface area is 137 Å². The Hall–Kier alpha value is -1.61. The van der Waals surface area contributed by atoms with Gasteiger partial charge in [-0.2, -0.15) is 15.1 Å². The van der Waals surface area contributed by atoms with Crippen molar-refractivity contribution in [2.45, 2.75) is 0 Å². The Bertz CT molecular complexity index is 820. The van der Waals surface area contributed by atoms with Crippen LogP contribution >= 0.6 is 39.1 Å². The Kier molecular flexibility index (Phi) is 3.85. The highest BCUT2D eigenvalue weighted by Crippen LogP contribution is 2.37. The van der Waals surface area contributed by atoms with Gasteiger partial charge in [-0.25, -0.2) is 5.84 Å². The summed E-state index contributed by atoms with van der Waals surface area (Å²) in [5.74, 6) is 6.10. The number of hydrazine groups is 1. The van der Waals surface area contributed by atoms with Crippen molar-refractivity contribution in [2.75, 3.05) is 10.7 Å². The van der Waals surface area contributed by atoms with E-state index in [0.29, 0.717) is 37.1 Å². The number of H-pyrrole nitrogens is 1. The molecule has 0 spiro atoms. The highest BCUT2D eigenvalue weighted by molar-refractivity contribution is 9.10. The molecule has 3 aromatic rings. The monoisotopic (exact) mass is 387 g/mol. The van der Waals surface area contributed by atoms with Crippen LogP contribution < -0.4 is 16.6 Å². The van der Waals surface area contributed by atoms with Crippen LogP contribution in [0.4, 0.5) is 17.5 Å². The maximum Gasteiger partial charge on any atom is 0.241 e. The molecule has 10 heteroatoms. The van der Waals surface area contributed by atoms with Gasteiger partial charge in [0.05, 0.1) is 27.3 Å². The summed E-state index contributed by atoms with van der Waals surface area (Å²) in [6.07, 6.45) is 1.60. The summed E-state index contributed by atoms with van der Waals surface area (Å²) in [5.41, 5.74) is 3.54. The number of benzene rings is 1. The van der Waals surface area contributed by atoms with Crippen LogP contribution in [0.15, 0.2) is 22.8 Å². The first-order chi connectivity index (χ1) is 10.1. The molecule has 21 heavy (non-hydrogen) atoms. The predicted octanol–water partition coefficient (Wildman–Crippen LogP) is 3.45. The molecular formula is C11H8BrCl2N7. The fourth-order valence-corrected chi connectivity index (χ4v) is 2.57. The van der Waals surface area contributed by atoms with Gasteiger partial charge in [-0.05, 0) is 28.1 Å². The van der Waals surface area contributed by atoms with Crippen LogP contribution in [-0.4, -0.2) is 20.2 Å². The maximum absolute atomic E-state index is 6.22. The van der Waals surface area contributed by atoms with Crippen molar-refractivity contribution in [2.24, 2.45) is 5.84 Å². The van der Waals surface area contributed by atoms with E-state index in [9.17, 15) is 0 Å². The first kappa shape index (κ1) is 14.3. The lowest BCUT2D eigenvalue weighted by molar-refractivity contribution is 1.08. The van der Waals surface area contributed by atoms with Gasteiger partial charge in [-0.3, -0.25) is 10.5 Å². The SMILES string of the molecule is NNc1nc(Nc2ccc(Br)c(Cl)c2Cl)c2cn[nH]c2n1. The molecule has 0 bridgehead atoms. The number of hydrogen-bond donors (Lipinski definition) is 4. The van der Waals surface area contributed by atoms with Gasteiger partial charge in [0.25, 0.3) is 0 Å². The fraction of sp³-hybridized carbons (Fsp3) is 0. The zero-order valence-corrected chi connectivity index (χ0v) is 13.4. The van der Waals surface area contributed by atoms with Crippen LogP contribution in [-0.2, 0) is 0 Å². The van der Waals surface area contributed by atoms with Crippen molar-refractivity contribution in [3.63, 3.8) is 0 Å². The minimum absolute atomic E-state index is 0.244. The molecule has 0 aliphatic heterocycles. The molecule has 7 nitrogen and oxygen atoms in total. The summed E-state index contributed by atoms with van der Waals surface area (Å²) in [4.78, 5) is 8.39. The third-order valence-corrected chi connectivity index (χ3v) is 4.50. The van der Waals surface area contributed by atoms with Crippen LogP contribution in [0.3, 0.4) is 0 Å². The Morgan fingerprint density at radius 2 is 2.00 bits per heavy atom. The van der Waals surface area contributed by atoms with Gasteiger partial charge < -0.3 is 5.32 Å². The van der Waals surface area contributed by atoms with Crippen LogP contribution in [0.1, 0.15) is 0 Å². The van der Waals surface area contributed by atoms with E-state index < -0.39 is 0 Å². The van der Waals surface area contributed by atoms with Gasteiger partial charge in [0.1, 0.15) is 5.82 Å². The third kappa shape index (κ3) is 2.62. The molecule has 0 unspecified atom stereocenters. The zero-order valence-electron chi connectivity index (χ0n) is 10.3. The quantitative estimate of drug-likeness (QED) is 0.311. The average molecular weight is 389 g/mol. The van der Waals surface area contributed by atoms with Crippen LogP contribution in [0.25, 0.3) is 11.0 Å². The standard InChI is InChI=1S/C11H8BrCl2N7/c12-5-1-2-6(8(14)7(5)13)17-9-4-3-16-21-10(4)19-11(18-9)20-15/h1-3H,15H2,(H3,16,17,18,19,20,21). The average Bonchev–Trinajstić information content (AvgIpc) is 2.96. The van der Waals surface area contributed by atoms with Crippen molar-refractivity contribution in [3.8, 4) is 0 Å². The lowest BCUT2D eigenvalue weighted by atomic mass is 10.3. The second-order valence-electron chi connectivity index (χ2n) is 4.02. The van der Waals surface area contributed by atoms with E-state index in [1.54, 1.807) is 18.3 Å². The fourth-order valence-electron chi connectivity index (χ4n) is 1.74. The molecule has 1 aromatic carbocycles. The topological polar surface area (TPSA) is 105 Å². The number of nitrogens with one attached hydrogen (secondary N) is 3. The molecule has 0 atom stereocenters. The van der Waals surface area contributed by atoms with Crippen LogP contribution in [0.5, 0.6) is 0 Å². The molecule has 0 aliphatic carbocycles. The number of fused-ring (bicyclic) bond motifs is 1. The van der Waals surface area contributed by atoms with Gasteiger partial charge in [0.2, 0.25) is 5.95 Å². The number of aromatic nitrogens is 4. The molecule has 2 heterocycles. The second-order valence-corrected chi connectivity index (χ2v) is 5.63. The molecule has 0 amide bonds. The molecule has 0 aliphatic rings. The number of nitrogen functional groups attached to an aromatic ring is 1. The smallest absolute Gasteiger partial charge is 0.241 e. The van der Waals surface area contributed by atoms with E-state index in [1.165, 1.54) is 0 Å². The highest BCUT2D eigenvalue weighted by Gasteiger charge is 2.13. The Balaban J connectivity index is 2.09. The third-order valence-electron chi connectivity index (χ3n) is 2.73. The number of anilines is 3.